The smallest absolute Gasteiger partial charge is 0.254 e. The Morgan fingerprint density at radius 3 is 2.65 bits per heavy atom. The summed E-state index contributed by atoms with van der Waals surface area (Å²) in [5.74, 6) is 3.02. The zero-order valence-corrected chi connectivity index (χ0v) is 17.9. The largest absolute Gasteiger partial charge is 0.493 e. The summed E-state index contributed by atoms with van der Waals surface area (Å²) >= 11 is 0. The minimum absolute atomic E-state index is 0.131. The molecule has 0 saturated heterocycles. The summed E-state index contributed by atoms with van der Waals surface area (Å²) in [7, 11) is 3.30. The molecule has 2 aromatic carbocycles. The lowest BCUT2D eigenvalue weighted by molar-refractivity contribution is 0.0784. The third-order valence-corrected chi connectivity index (χ3v) is 5.17. The SMILES string of the molecule is COc1cc(C(=O)N(C)Cc2ccc3c(c2)OCO3)ccc1OCc1c(C)noc1C. The molecule has 1 amide bonds. The van der Waals surface area contributed by atoms with Crippen molar-refractivity contribution in [1.82, 2.24) is 10.1 Å². The standard InChI is InChI=1S/C23H24N2O6/c1-14-18(15(2)31-24-14)12-28-19-8-6-17(10-21(19)27-4)23(26)25(3)11-16-5-7-20-22(9-16)30-13-29-20/h5-10H,11-13H2,1-4H3. The number of aromatic nitrogens is 1. The van der Waals surface area contributed by atoms with Gasteiger partial charge < -0.3 is 28.4 Å². The van der Waals surface area contributed by atoms with E-state index in [1.807, 2.05) is 32.0 Å². The van der Waals surface area contributed by atoms with Crippen LogP contribution in [-0.4, -0.2) is 36.9 Å². The van der Waals surface area contributed by atoms with Crippen LogP contribution in [0.3, 0.4) is 0 Å². The first-order valence-electron chi connectivity index (χ1n) is 9.83. The molecule has 0 radical (unpaired) electrons. The monoisotopic (exact) mass is 424 g/mol. The van der Waals surface area contributed by atoms with E-state index in [0.29, 0.717) is 41.7 Å². The van der Waals surface area contributed by atoms with Gasteiger partial charge in [-0.15, -0.1) is 0 Å². The number of ether oxygens (including phenoxy) is 4. The summed E-state index contributed by atoms with van der Waals surface area (Å²) in [4.78, 5) is 14.6. The van der Waals surface area contributed by atoms with Crippen molar-refractivity contribution in [2.24, 2.45) is 0 Å². The zero-order valence-electron chi connectivity index (χ0n) is 17.9. The van der Waals surface area contributed by atoms with E-state index in [1.54, 1.807) is 37.3 Å². The van der Waals surface area contributed by atoms with E-state index >= 15 is 0 Å². The number of carbonyl (C=O) groups excluding carboxylic acids is 1. The van der Waals surface area contributed by atoms with E-state index in [0.717, 1.165) is 22.6 Å². The Morgan fingerprint density at radius 2 is 1.90 bits per heavy atom. The third-order valence-electron chi connectivity index (χ3n) is 5.17. The highest BCUT2D eigenvalue weighted by Gasteiger charge is 2.18. The second kappa shape index (κ2) is 8.59. The molecule has 3 aromatic rings. The quantitative estimate of drug-likeness (QED) is 0.569. The fourth-order valence-corrected chi connectivity index (χ4v) is 3.38. The predicted molar refractivity (Wildman–Crippen MR) is 112 cm³/mol. The van der Waals surface area contributed by atoms with Crippen LogP contribution in [0.1, 0.15) is 32.9 Å². The molecule has 0 fully saturated rings. The Labute approximate surface area is 180 Å². The minimum atomic E-state index is -0.131. The van der Waals surface area contributed by atoms with Gasteiger partial charge in [0.1, 0.15) is 12.4 Å². The number of carbonyl (C=O) groups is 1. The maximum atomic E-state index is 12.9. The molecular weight excluding hydrogens is 400 g/mol. The topological polar surface area (TPSA) is 83.3 Å². The van der Waals surface area contributed by atoms with Gasteiger partial charge in [-0.25, -0.2) is 0 Å². The van der Waals surface area contributed by atoms with Gasteiger partial charge in [0.25, 0.3) is 5.91 Å². The van der Waals surface area contributed by atoms with Crippen LogP contribution in [0, 0.1) is 13.8 Å². The maximum Gasteiger partial charge on any atom is 0.254 e. The fraction of sp³-hybridized carbons (Fsp3) is 0.304. The Kier molecular flexibility index (Phi) is 5.70. The van der Waals surface area contributed by atoms with Gasteiger partial charge in [0.2, 0.25) is 6.79 Å². The lowest BCUT2D eigenvalue weighted by Gasteiger charge is -2.19. The molecule has 0 saturated carbocycles. The van der Waals surface area contributed by atoms with E-state index in [-0.39, 0.29) is 12.7 Å². The molecule has 8 nitrogen and oxygen atoms in total. The van der Waals surface area contributed by atoms with Gasteiger partial charge in [0, 0.05) is 19.2 Å². The Morgan fingerprint density at radius 1 is 1.10 bits per heavy atom. The van der Waals surface area contributed by atoms with Crippen molar-refractivity contribution >= 4 is 5.91 Å². The summed E-state index contributed by atoms with van der Waals surface area (Å²) in [6.45, 7) is 4.66. The molecule has 1 aromatic heterocycles. The second-order valence-electron chi connectivity index (χ2n) is 7.31. The molecule has 1 aliphatic rings. The average Bonchev–Trinajstić information content (AvgIpc) is 3.37. The summed E-state index contributed by atoms with van der Waals surface area (Å²) in [6.07, 6.45) is 0. The second-order valence-corrected chi connectivity index (χ2v) is 7.31. The first-order chi connectivity index (χ1) is 15.0. The first kappa shape index (κ1) is 20.6. The third kappa shape index (κ3) is 4.28. The zero-order chi connectivity index (χ0) is 22.0. The number of nitrogens with zero attached hydrogens (tertiary/aromatic N) is 2. The summed E-state index contributed by atoms with van der Waals surface area (Å²) in [5.41, 5.74) is 3.13. The van der Waals surface area contributed by atoms with Crippen LogP contribution < -0.4 is 18.9 Å². The van der Waals surface area contributed by atoms with Gasteiger partial charge in [-0.2, -0.15) is 0 Å². The molecule has 8 heteroatoms. The van der Waals surface area contributed by atoms with E-state index in [9.17, 15) is 4.79 Å². The van der Waals surface area contributed by atoms with Crippen molar-refractivity contribution in [1.29, 1.82) is 0 Å². The average molecular weight is 424 g/mol. The predicted octanol–water partition coefficient (Wildman–Crippen LogP) is 3.88. The van der Waals surface area contributed by atoms with Crippen LogP contribution >= 0.6 is 0 Å². The molecule has 0 spiro atoms. The van der Waals surface area contributed by atoms with Gasteiger partial charge in [0.15, 0.2) is 23.0 Å². The van der Waals surface area contributed by atoms with Gasteiger partial charge in [0.05, 0.1) is 18.4 Å². The molecule has 4 rings (SSSR count). The molecule has 0 atom stereocenters. The number of methoxy groups -OCH3 is 1. The number of benzene rings is 2. The molecule has 0 bridgehead atoms. The van der Waals surface area contributed by atoms with Crippen LogP contribution in [0.25, 0.3) is 0 Å². The first-order valence-corrected chi connectivity index (χ1v) is 9.83. The maximum absolute atomic E-state index is 12.9. The van der Waals surface area contributed by atoms with E-state index in [2.05, 4.69) is 5.16 Å². The normalized spacial score (nSPS) is 12.0. The van der Waals surface area contributed by atoms with Gasteiger partial charge in [-0.3, -0.25) is 4.79 Å². The number of aryl methyl sites for hydroxylation is 2. The lowest BCUT2D eigenvalue weighted by atomic mass is 10.1. The van der Waals surface area contributed by atoms with E-state index < -0.39 is 0 Å². The molecule has 31 heavy (non-hydrogen) atoms. The summed E-state index contributed by atoms with van der Waals surface area (Å²) in [6, 6.07) is 10.8. The highest BCUT2D eigenvalue weighted by Crippen LogP contribution is 2.33. The van der Waals surface area contributed by atoms with Crippen LogP contribution in [0.5, 0.6) is 23.0 Å². The van der Waals surface area contributed by atoms with E-state index in [1.165, 1.54) is 0 Å². The van der Waals surface area contributed by atoms with Crippen molar-refractivity contribution in [3.63, 3.8) is 0 Å². The summed E-state index contributed by atoms with van der Waals surface area (Å²) in [5, 5.41) is 3.93. The molecule has 1 aliphatic heterocycles. The number of hydrogen-bond acceptors (Lipinski definition) is 7. The van der Waals surface area contributed by atoms with Crippen LogP contribution in [0.15, 0.2) is 40.9 Å². The number of fused-ring (bicyclic) bond motifs is 1. The Balaban J connectivity index is 1.45. The van der Waals surface area contributed by atoms with Crippen molar-refractivity contribution in [2.45, 2.75) is 27.0 Å². The Hall–Kier alpha value is -3.68. The van der Waals surface area contributed by atoms with Crippen LogP contribution in [0.4, 0.5) is 0 Å². The fourth-order valence-electron chi connectivity index (χ4n) is 3.38. The van der Waals surface area contributed by atoms with Crippen molar-refractivity contribution in [3.8, 4) is 23.0 Å². The molecule has 0 aliphatic carbocycles. The number of hydrogen-bond donors (Lipinski definition) is 0. The number of amides is 1. The van der Waals surface area contributed by atoms with Crippen LogP contribution in [-0.2, 0) is 13.2 Å². The van der Waals surface area contributed by atoms with Crippen molar-refractivity contribution < 1.29 is 28.3 Å². The Bertz CT molecular complexity index is 1090. The molecule has 0 N–H and O–H groups in total. The molecule has 2 heterocycles. The molecule has 162 valence electrons. The van der Waals surface area contributed by atoms with Crippen molar-refractivity contribution in [2.75, 3.05) is 21.0 Å². The highest BCUT2D eigenvalue weighted by molar-refractivity contribution is 5.94. The van der Waals surface area contributed by atoms with Gasteiger partial charge in [-0.05, 0) is 49.7 Å². The highest BCUT2D eigenvalue weighted by atomic mass is 16.7. The van der Waals surface area contributed by atoms with Gasteiger partial charge >= 0.3 is 0 Å². The summed E-state index contributed by atoms with van der Waals surface area (Å²) < 4.78 is 27.2. The minimum Gasteiger partial charge on any atom is -0.493 e. The number of rotatable bonds is 7. The molecule has 0 unspecified atom stereocenters. The van der Waals surface area contributed by atoms with Crippen molar-refractivity contribution in [3.05, 3.63) is 64.5 Å². The van der Waals surface area contributed by atoms with Crippen LogP contribution in [0.2, 0.25) is 0 Å². The van der Waals surface area contributed by atoms with Gasteiger partial charge in [-0.1, -0.05) is 11.2 Å². The molecular formula is C23H24N2O6. The lowest BCUT2D eigenvalue weighted by Crippen LogP contribution is -2.26. The van der Waals surface area contributed by atoms with E-state index in [4.69, 9.17) is 23.5 Å².